The van der Waals surface area contributed by atoms with Crippen molar-refractivity contribution in [1.29, 1.82) is 0 Å². The van der Waals surface area contributed by atoms with E-state index in [9.17, 15) is 40.0 Å². The van der Waals surface area contributed by atoms with E-state index in [1.54, 1.807) is 0 Å². The largest absolute Gasteiger partial charge is 0.499 e. The fourth-order valence-electron chi connectivity index (χ4n) is 5.73. The standard InChI is InChI=1S/C36H53ClN8O18S/c37-34-42-35(64-43-34)41-30-31(48)32(49)36(24-62-33(30)63-36)23-61-20-18-59-16-15-57-13-12-56-10-5-39-28(46)3-7-54-9-6-40-29(47)22-60-19-17-58-14-11-55-8-4-38-26-2-1-25(44(50)51)21-27(26)45(52)53/h1-3,7,21,30-33,38,48-49H,4-6,8-20,22-24H2,(H,39,46)(H,40,47)(H,41,42,43)/t30-,31-,32-,33+,36+/m1/s1. The highest BCUT2D eigenvalue weighted by Crippen LogP contribution is 2.38. The lowest BCUT2D eigenvalue weighted by Gasteiger charge is -2.42. The van der Waals surface area contributed by atoms with E-state index in [0.717, 1.165) is 17.6 Å². The van der Waals surface area contributed by atoms with Gasteiger partial charge in [-0.3, -0.25) is 29.8 Å². The van der Waals surface area contributed by atoms with Crippen LogP contribution in [0.3, 0.4) is 0 Å². The van der Waals surface area contributed by atoms with Crippen molar-refractivity contribution in [3.05, 3.63) is 56.0 Å². The van der Waals surface area contributed by atoms with Crippen LogP contribution in [0.5, 0.6) is 0 Å². The molecule has 4 rings (SSSR count). The second kappa shape index (κ2) is 29.1. The zero-order valence-electron chi connectivity index (χ0n) is 34.6. The van der Waals surface area contributed by atoms with Gasteiger partial charge in [-0.1, -0.05) is 0 Å². The van der Waals surface area contributed by atoms with Crippen LogP contribution in [0.25, 0.3) is 0 Å². The summed E-state index contributed by atoms with van der Waals surface area (Å²) in [6.45, 7) is 3.83. The van der Waals surface area contributed by atoms with Crippen molar-refractivity contribution in [2.24, 2.45) is 0 Å². The topological polar surface area (TPSA) is 327 Å². The number of amides is 2. The van der Waals surface area contributed by atoms with E-state index in [2.05, 4.69) is 30.6 Å². The summed E-state index contributed by atoms with van der Waals surface area (Å²) in [5.41, 5.74) is -1.86. The number of aromatic nitrogens is 2. The lowest BCUT2D eigenvalue weighted by molar-refractivity contribution is -0.393. The van der Waals surface area contributed by atoms with E-state index in [4.69, 9.17) is 59.0 Å². The van der Waals surface area contributed by atoms with Gasteiger partial charge in [0.15, 0.2) is 6.29 Å². The van der Waals surface area contributed by atoms with Crippen LogP contribution in [0.15, 0.2) is 30.5 Å². The van der Waals surface area contributed by atoms with E-state index in [-0.39, 0.29) is 127 Å². The predicted molar refractivity (Wildman–Crippen MR) is 223 cm³/mol. The second-order valence-electron chi connectivity index (χ2n) is 13.5. The Balaban J connectivity index is 0.851. The summed E-state index contributed by atoms with van der Waals surface area (Å²) in [6, 6.07) is 2.55. The van der Waals surface area contributed by atoms with Crippen LogP contribution >= 0.6 is 23.1 Å². The van der Waals surface area contributed by atoms with Crippen LogP contribution in [0.4, 0.5) is 22.2 Å². The Labute approximate surface area is 375 Å². The van der Waals surface area contributed by atoms with Gasteiger partial charge in [-0.15, -0.1) is 0 Å². The van der Waals surface area contributed by atoms with Gasteiger partial charge in [0.2, 0.25) is 22.2 Å². The zero-order valence-corrected chi connectivity index (χ0v) is 36.2. The number of ether oxygens (including phenoxy) is 10. The SMILES string of the molecule is O=C(C=COCCNC(=O)COCCOCCOCCNc1ccc([N+](=O)[O-])cc1[N+](=O)[O-])NCCOCCOCCOCCOC[C@@]12CO[C@@H](O1)[C@H](Nc1nc(Cl)ns1)[C@@H](O)[C@H]2O. The summed E-state index contributed by atoms with van der Waals surface area (Å²) >= 11 is 6.76. The first-order valence-corrected chi connectivity index (χ1v) is 21.1. The average Bonchev–Trinajstić information content (AvgIpc) is 3.89. The molecule has 5 atom stereocenters. The first kappa shape index (κ1) is 52.1. The van der Waals surface area contributed by atoms with Crippen LogP contribution in [-0.2, 0) is 57.0 Å². The van der Waals surface area contributed by atoms with Crippen LogP contribution in [0, 0.1) is 20.2 Å². The third-order valence-electron chi connectivity index (χ3n) is 8.85. The Kier molecular flexibility index (Phi) is 23.7. The Bertz CT molecular complexity index is 1770. The Morgan fingerprint density at radius 1 is 0.859 bits per heavy atom. The molecule has 3 heterocycles. The molecule has 358 valence electrons. The minimum atomic E-state index is -1.28. The molecule has 2 fully saturated rings. The molecule has 64 heavy (non-hydrogen) atoms. The second-order valence-corrected chi connectivity index (χ2v) is 14.6. The fraction of sp³-hybridized carbons (Fsp3) is 0.667. The lowest BCUT2D eigenvalue weighted by atomic mass is 9.88. The minimum absolute atomic E-state index is 0.0114. The summed E-state index contributed by atoms with van der Waals surface area (Å²) in [6.07, 6.45) is -0.898. The number of benzene rings is 1. The van der Waals surface area contributed by atoms with Crippen LogP contribution in [0.2, 0.25) is 5.28 Å². The summed E-state index contributed by atoms with van der Waals surface area (Å²) in [4.78, 5) is 48.4. The first-order chi connectivity index (χ1) is 31.0. The molecular formula is C36H53ClN8O18S. The highest BCUT2D eigenvalue weighted by molar-refractivity contribution is 7.09. The molecule has 1 aromatic carbocycles. The number of rotatable bonds is 35. The number of aliphatic hydroxyl groups excluding tert-OH is 2. The van der Waals surface area contributed by atoms with Gasteiger partial charge in [-0.2, -0.15) is 9.36 Å². The highest BCUT2D eigenvalue weighted by atomic mass is 35.5. The third kappa shape index (κ3) is 18.5. The van der Waals surface area contributed by atoms with Crippen LogP contribution in [-0.4, -0.2) is 197 Å². The summed E-state index contributed by atoms with van der Waals surface area (Å²) in [7, 11) is 0. The van der Waals surface area contributed by atoms with E-state index in [1.807, 2.05) is 0 Å². The smallest absolute Gasteiger partial charge is 0.299 e. The molecule has 2 bridgehead atoms. The van der Waals surface area contributed by atoms with Crippen molar-refractivity contribution in [1.82, 2.24) is 20.0 Å². The highest BCUT2D eigenvalue weighted by Gasteiger charge is 2.59. The fourth-order valence-corrected chi connectivity index (χ4v) is 6.49. The number of anilines is 2. The summed E-state index contributed by atoms with van der Waals surface area (Å²) in [5, 5.41) is 54.9. The predicted octanol–water partition coefficient (Wildman–Crippen LogP) is -0.373. The number of nitrogens with zero attached hydrogens (tertiary/aromatic N) is 4. The number of carbonyl (C=O) groups excluding carboxylic acids is 2. The molecule has 0 saturated carbocycles. The van der Waals surface area contributed by atoms with Gasteiger partial charge < -0.3 is 78.8 Å². The molecule has 1 aromatic heterocycles. The Morgan fingerprint density at radius 3 is 2.12 bits per heavy atom. The van der Waals surface area contributed by atoms with E-state index in [0.29, 0.717) is 31.6 Å². The first-order valence-electron chi connectivity index (χ1n) is 19.9. The minimum Gasteiger partial charge on any atom is -0.499 e. The molecule has 2 aliphatic rings. The van der Waals surface area contributed by atoms with Crippen molar-refractivity contribution < 1.29 is 77.0 Å². The number of nitro benzene ring substituents is 2. The van der Waals surface area contributed by atoms with Crippen molar-refractivity contribution in [3.8, 4) is 0 Å². The lowest BCUT2D eigenvalue weighted by Crippen LogP contribution is -2.64. The van der Waals surface area contributed by atoms with Crippen molar-refractivity contribution in [2.45, 2.75) is 30.1 Å². The molecule has 0 radical (unpaired) electrons. The zero-order chi connectivity index (χ0) is 46.0. The van der Waals surface area contributed by atoms with Gasteiger partial charge in [-0.05, 0) is 17.7 Å². The molecule has 0 unspecified atom stereocenters. The molecule has 26 nitrogen and oxygen atoms in total. The van der Waals surface area contributed by atoms with Gasteiger partial charge in [0, 0.05) is 36.8 Å². The third-order valence-corrected chi connectivity index (χ3v) is 9.77. The molecule has 2 aromatic rings. The van der Waals surface area contributed by atoms with Gasteiger partial charge in [0.05, 0.1) is 121 Å². The van der Waals surface area contributed by atoms with E-state index >= 15 is 0 Å². The van der Waals surface area contributed by atoms with Crippen LogP contribution < -0.4 is 21.3 Å². The van der Waals surface area contributed by atoms with E-state index in [1.165, 1.54) is 24.5 Å². The number of nitro groups is 2. The average molecular weight is 953 g/mol. The maximum Gasteiger partial charge on any atom is 0.299 e. The number of carbonyl (C=O) groups is 2. The molecule has 2 saturated heterocycles. The molecule has 2 aliphatic heterocycles. The summed E-state index contributed by atoms with van der Waals surface area (Å²) in [5.74, 6) is -0.735. The molecule has 0 aliphatic carbocycles. The molecule has 0 spiro atoms. The maximum absolute atomic E-state index is 11.9. The van der Waals surface area contributed by atoms with Crippen molar-refractivity contribution in [3.63, 3.8) is 0 Å². The molecule has 6 N–H and O–H groups in total. The molecule has 2 amide bonds. The van der Waals surface area contributed by atoms with Gasteiger partial charge in [0.1, 0.15) is 42.8 Å². The van der Waals surface area contributed by atoms with Gasteiger partial charge >= 0.3 is 0 Å². The van der Waals surface area contributed by atoms with Crippen LogP contribution in [0.1, 0.15) is 0 Å². The monoisotopic (exact) mass is 952 g/mol. The number of fused-ring (bicyclic) bond motifs is 2. The number of hydrogen-bond donors (Lipinski definition) is 6. The normalized spacial score (nSPS) is 20.3. The number of aliphatic hydroxyl groups is 2. The van der Waals surface area contributed by atoms with Gasteiger partial charge in [0.25, 0.3) is 11.4 Å². The molecule has 28 heteroatoms. The maximum atomic E-state index is 11.9. The number of hydrogen-bond acceptors (Lipinski definition) is 23. The molecular weight excluding hydrogens is 900 g/mol. The summed E-state index contributed by atoms with van der Waals surface area (Å²) < 4.78 is 58.7. The van der Waals surface area contributed by atoms with E-state index < -0.39 is 45.7 Å². The Hall–Kier alpha value is -4.49. The van der Waals surface area contributed by atoms with Gasteiger partial charge in [-0.25, -0.2) is 0 Å². The number of halogens is 1. The number of nitrogens with one attached hydrogen (secondary N) is 4. The van der Waals surface area contributed by atoms with Crippen molar-refractivity contribution >= 4 is 57.1 Å². The quantitative estimate of drug-likeness (QED) is 0.0169. The van der Waals surface area contributed by atoms with Crippen molar-refractivity contribution in [2.75, 3.05) is 136 Å². The Morgan fingerprint density at radius 2 is 1.48 bits per heavy atom. The number of non-ortho nitro benzene ring substituents is 1.